The van der Waals surface area contributed by atoms with Gasteiger partial charge in [0, 0.05) is 18.8 Å². The van der Waals surface area contributed by atoms with Crippen LogP contribution in [0.15, 0.2) is 42.6 Å². The summed E-state index contributed by atoms with van der Waals surface area (Å²) in [5, 5.41) is 3.42. The number of hydrogen-bond donors (Lipinski definition) is 1. The van der Waals surface area contributed by atoms with Crippen molar-refractivity contribution in [2.75, 3.05) is 18.4 Å². The fourth-order valence-corrected chi connectivity index (χ4v) is 3.40. The first kappa shape index (κ1) is 17.5. The Morgan fingerprint density at radius 2 is 2.04 bits per heavy atom. The summed E-state index contributed by atoms with van der Waals surface area (Å²) in [7, 11) is 0. The number of carbonyl (C=O) groups excluding carboxylic acids is 1. The number of amides is 1. The van der Waals surface area contributed by atoms with Crippen LogP contribution < -0.4 is 5.32 Å². The Bertz CT molecular complexity index is 724. The SMILES string of the molecule is CC1CCCN(C(=O)c2ccc(Nc3ccccc3C(C)C)cn2)C1. The lowest BCUT2D eigenvalue weighted by atomic mass is 10.00. The predicted octanol–water partition coefficient (Wildman–Crippen LogP) is 4.82. The molecule has 1 unspecified atom stereocenters. The zero-order valence-corrected chi connectivity index (χ0v) is 15.3. The smallest absolute Gasteiger partial charge is 0.272 e. The van der Waals surface area contributed by atoms with Crippen LogP contribution in [-0.2, 0) is 0 Å². The van der Waals surface area contributed by atoms with Crippen molar-refractivity contribution in [1.82, 2.24) is 9.88 Å². The molecule has 1 amide bonds. The molecule has 1 aromatic heterocycles. The minimum absolute atomic E-state index is 0.0423. The molecule has 4 heteroatoms. The molecule has 1 atom stereocenters. The summed E-state index contributed by atoms with van der Waals surface area (Å²) in [6, 6.07) is 12.0. The number of pyridine rings is 1. The van der Waals surface area contributed by atoms with Gasteiger partial charge < -0.3 is 10.2 Å². The number of nitrogens with zero attached hydrogens (tertiary/aromatic N) is 2. The van der Waals surface area contributed by atoms with E-state index in [0.29, 0.717) is 17.5 Å². The standard InChI is InChI=1S/C21H27N3O/c1-15(2)18-8-4-5-9-19(18)23-17-10-11-20(22-13-17)21(25)24-12-6-7-16(3)14-24/h4-5,8-11,13,15-16,23H,6-7,12,14H2,1-3H3. The van der Waals surface area contributed by atoms with E-state index in [-0.39, 0.29) is 5.91 Å². The number of carbonyl (C=O) groups is 1. The highest BCUT2D eigenvalue weighted by molar-refractivity contribution is 5.92. The van der Waals surface area contributed by atoms with Crippen molar-refractivity contribution in [2.24, 2.45) is 5.92 Å². The second-order valence-electron chi connectivity index (χ2n) is 7.30. The van der Waals surface area contributed by atoms with E-state index < -0.39 is 0 Å². The molecule has 4 nitrogen and oxygen atoms in total. The van der Waals surface area contributed by atoms with E-state index in [9.17, 15) is 4.79 Å². The Balaban J connectivity index is 1.71. The van der Waals surface area contributed by atoms with Crippen molar-refractivity contribution in [3.05, 3.63) is 53.9 Å². The molecule has 132 valence electrons. The van der Waals surface area contributed by atoms with Crippen LogP contribution in [0.1, 0.15) is 55.6 Å². The van der Waals surface area contributed by atoms with Crippen molar-refractivity contribution in [3.8, 4) is 0 Å². The van der Waals surface area contributed by atoms with Gasteiger partial charge >= 0.3 is 0 Å². The molecule has 0 radical (unpaired) electrons. The van der Waals surface area contributed by atoms with Gasteiger partial charge in [-0.05, 0) is 48.4 Å². The molecule has 1 fully saturated rings. The second kappa shape index (κ2) is 7.68. The average Bonchev–Trinajstić information content (AvgIpc) is 2.62. The van der Waals surface area contributed by atoms with Gasteiger partial charge in [0.05, 0.1) is 11.9 Å². The zero-order chi connectivity index (χ0) is 17.8. The van der Waals surface area contributed by atoms with Gasteiger partial charge in [0.15, 0.2) is 0 Å². The molecule has 1 N–H and O–H groups in total. The van der Waals surface area contributed by atoms with Crippen molar-refractivity contribution in [1.29, 1.82) is 0 Å². The zero-order valence-electron chi connectivity index (χ0n) is 15.3. The number of likely N-dealkylation sites (tertiary alicyclic amines) is 1. The van der Waals surface area contributed by atoms with Gasteiger partial charge in [-0.3, -0.25) is 4.79 Å². The number of piperidine rings is 1. The van der Waals surface area contributed by atoms with Crippen LogP contribution in [0.2, 0.25) is 0 Å². The maximum Gasteiger partial charge on any atom is 0.272 e. The van der Waals surface area contributed by atoms with Crippen LogP contribution in [-0.4, -0.2) is 28.9 Å². The Morgan fingerprint density at radius 3 is 2.72 bits per heavy atom. The molecule has 0 saturated carbocycles. The van der Waals surface area contributed by atoms with E-state index >= 15 is 0 Å². The van der Waals surface area contributed by atoms with Crippen LogP contribution in [0.3, 0.4) is 0 Å². The van der Waals surface area contributed by atoms with Gasteiger partial charge in [0.1, 0.15) is 5.69 Å². The number of nitrogens with one attached hydrogen (secondary N) is 1. The molecule has 0 bridgehead atoms. The van der Waals surface area contributed by atoms with Gasteiger partial charge in [-0.1, -0.05) is 39.0 Å². The number of aromatic nitrogens is 1. The minimum atomic E-state index is 0.0423. The molecule has 1 aliphatic rings. The molecule has 1 aromatic carbocycles. The first-order valence-corrected chi connectivity index (χ1v) is 9.16. The molecular weight excluding hydrogens is 310 g/mol. The predicted molar refractivity (Wildman–Crippen MR) is 102 cm³/mol. The van der Waals surface area contributed by atoms with Crippen molar-refractivity contribution in [3.63, 3.8) is 0 Å². The molecule has 1 saturated heterocycles. The fourth-order valence-electron chi connectivity index (χ4n) is 3.40. The highest BCUT2D eigenvalue weighted by Crippen LogP contribution is 2.26. The molecule has 1 aliphatic heterocycles. The van der Waals surface area contributed by atoms with Crippen molar-refractivity contribution < 1.29 is 4.79 Å². The maximum absolute atomic E-state index is 12.6. The number of para-hydroxylation sites is 1. The first-order chi connectivity index (χ1) is 12.0. The summed E-state index contributed by atoms with van der Waals surface area (Å²) < 4.78 is 0. The fraction of sp³-hybridized carbons (Fsp3) is 0.429. The van der Waals surface area contributed by atoms with E-state index in [2.05, 4.69) is 49.3 Å². The molecule has 0 spiro atoms. The van der Waals surface area contributed by atoms with E-state index in [4.69, 9.17) is 0 Å². The number of hydrogen-bond acceptors (Lipinski definition) is 3. The third-order valence-electron chi connectivity index (χ3n) is 4.79. The normalized spacial score (nSPS) is 17.6. The number of rotatable bonds is 4. The topological polar surface area (TPSA) is 45.2 Å². The Labute approximate surface area is 150 Å². The van der Waals surface area contributed by atoms with Crippen LogP contribution >= 0.6 is 0 Å². The molecule has 2 heterocycles. The first-order valence-electron chi connectivity index (χ1n) is 9.16. The third kappa shape index (κ3) is 4.19. The quantitative estimate of drug-likeness (QED) is 0.870. The highest BCUT2D eigenvalue weighted by Gasteiger charge is 2.22. The van der Waals surface area contributed by atoms with E-state index in [1.54, 1.807) is 6.20 Å². The van der Waals surface area contributed by atoms with Gasteiger partial charge in [-0.2, -0.15) is 0 Å². The maximum atomic E-state index is 12.6. The van der Waals surface area contributed by atoms with E-state index in [1.165, 1.54) is 12.0 Å². The summed E-state index contributed by atoms with van der Waals surface area (Å²) in [6.45, 7) is 8.24. The monoisotopic (exact) mass is 337 g/mol. The van der Waals surface area contributed by atoms with Crippen molar-refractivity contribution in [2.45, 2.75) is 39.5 Å². The second-order valence-corrected chi connectivity index (χ2v) is 7.30. The van der Waals surface area contributed by atoms with Crippen LogP contribution in [0, 0.1) is 5.92 Å². The molecular formula is C21H27N3O. The summed E-state index contributed by atoms with van der Waals surface area (Å²) in [5.74, 6) is 1.06. The lowest BCUT2D eigenvalue weighted by Gasteiger charge is -2.30. The van der Waals surface area contributed by atoms with E-state index in [1.807, 2.05) is 23.1 Å². The van der Waals surface area contributed by atoms with Crippen LogP contribution in [0.25, 0.3) is 0 Å². The molecule has 25 heavy (non-hydrogen) atoms. The van der Waals surface area contributed by atoms with Crippen LogP contribution in [0.5, 0.6) is 0 Å². The summed E-state index contributed by atoms with van der Waals surface area (Å²) in [4.78, 5) is 18.9. The Hall–Kier alpha value is -2.36. The molecule has 0 aliphatic carbocycles. The Kier molecular flexibility index (Phi) is 5.37. The highest BCUT2D eigenvalue weighted by atomic mass is 16.2. The summed E-state index contributed by atoms with van der Waals surface area (Å²) in [6.07, 6.45) is 4.03. The lowest BCUT2D eigenvalue weighted by molar-refractivity contribution is 0.0677. The lowest BCUT2D eigenvalue weighted by Crippen LogP contribution is -2.39. The number of anilines is 2. The van der Waals surface area contributed by atoms with Gasteiger partial charge in [-0.15, -0.1) is 0 Å². The average molecular weight is 337 g/mol. The largest absolute Gasteiger partial charge is 0.354 e. The Morgan fingerprint density at radius 1 is 1.24 bits per heavy atom. The van der Waals surface area contributed by atoms with Gasteiger partial charge in [-0.25, -0.2) is 4.98 Å². The van der Waals surface area contributed by atoms with Crippen molar-refractivity contribution >= 4 is 17.3 Å². The van der Waals surface area contributed by atoms with Gasteiger partial charge in [0.2, 0.25) is 0 Å². The number of benzene rings is 1. The third-order valence-corrected chi connectivity index (χ3v) is 4.79. The molecule has 2 aromatic rings. The summed E-state index contributed by atoms with van der Waals surface area (Å²) >= 11 is 0. The van der Waals surface area contributed by atoms with E-state index in [0.717, 1.165) is 30.9 Å². The van der Waals surface area contributed by atoms with Crippen LogP contribution in [0.4, 0.5) is 11.4 Å². The summed E-state index contributed by atoms with van der Waals surface area (Å²) in [5.41, 5.74) is 3.78. The molecule has 3 rings (SSSR count). The van der Waals surface area contributed by atoms with Gasteiger partial charge in [0.25, 0.3) is 5.91 Å². The minimum Gasteiger partial charge on any atom is -0.354 e.